The minimum Gasteiger partial charge on any atom is -0.457 e. The lowest BCUT2D eigenvalue weighted by atomic mass is 10.1. The molecule has 25 heavy (non-hydrogen) atoms. The van der Waals surface area contributed by atoms with E-state index in [0.717, 1.165) is 24.2 Å². The molecule has 0 saturated carbocycles. The molecule has 0 atom stereocenters. The maximum Gasteiger partial charge on any atom is 0.338 e. The van der Waals surface area contributed by atoms with Crippen LogP contribution in [-0.4, -0.2) is 5.97 Å². The third kappa shape index (κ3) is 5.30. The number of carbonyl (C=O) groups excluding carboxylic acids is 1. The third-order valence-corrected chi connectivity index (χ3v) is 3.90. The van der Waals surface area contributed by atoms with Crippen LogP contribution in [-0.2, 0) is 24.4 Å². The average molecular weight is 331 g/mol. The number of esters is 1. The van der Waals surface area contributed by atoms with Gasteiger partial charge in [-0.15, -0.1) is 0 Å². The van der Waals surface area contributed by atoms with Gasteiger partial charge in [-0.1, -0.05) is 72.8 Å². The van der Waals surface area contributed by atoms with Crippen LogP contribution >= 0.6 is 0 Å². The van der Waals surface area contributed by atoms with Crippen molar-refractivity contribution in [3.63, 3.8) is 0 Å². The zero-order valence-electron chi connectivity index (χ0n) is 14.0. The Labute approximate surface area is 148 Å². The Balaban J connectivity index is 1.47. The summed E-state index contributed by atoms with van der Waals surface area (Å²) in [6.07, 6.45) is 0. The summed E-state index contributed by atoms with van der Waals surface area (Å²) in [6, 6.07) is 27.5. The van der Waals surface area contributed by atoms with Crippen molar-refractivity contribution >= 4 is 5.97 Å². The molecule has 0 spiro atoms. The molecule has 3 rings (SSSR count). The summed E-state index contributed by atoms with van der Waals surface area (Å²) in [5.74, 6) is -0.298. The summed E-state index contributed by atoms with van der Waals surface area (Å²) in [7, 11) is 0. The van der Waals surface area contributed by atoms with E-state index in [9.17, 15) is 4.79 Å². The molecule has 0 saturated heterocycles. The first-order valence-corrected chi connectivity index (χ1v) is 8.36. The van der Waals surface area contributed by atoms with Gasteiger partial charge >= 0.3 is 5.97 Å². The van der Waals surface area contributed by atoms with E-state index in [1.807, 2.05) is 72.8 Å². The van der Waals surface area contributed by atoms with Crippen LogP contribution in [0.3, 0.4) is 0 Å². The number of hydrogen-bond acceptors (Lipinski definition) is 3. The van der Waals surface area contributed by atoms with Crippen LogP contribution in [0.2, 0.25) is 0 Å². The van der Waals surface area contributed by atoms with Crippen molar-refractivity contribution in [2.24, 2.45) is 0 Å². The van der Waals surface area contributed by atoms with Crippen LogP contribution in [0.15, 0.2) is 84.9 Å². The highest BCUT2D eigenvalue weighted by atomic mass is 16.5. The number of rotatable bonds is 7. The summed E-state index contributed by atoms with van der Waals surface area (Å²) in [4.78, 5) is 12.1. The molecular weight excluding hydrogens is 310 g/mol. The van der Waals surface area contributed by atoms with Crippen LogP contribution in [0.25, 0.3) is 0 Å². The fraction of sp³-hybridized carbons (Fsp3) is 0.136. The summed E-state index contributed by atoms with van der Waals surface area (Å²) in [6.45, 7) is 1.87. The Morgan fingerprint density at radius 3 is 1.80 bits per heavy atom. The summed E-state index contributed by atoms with van der Waals surface area (Å²) in [5, 5.41) is 3.40. The Hall–Kier alpha value is -2.91. The average Bonchev–Trinajstić information content (AvgIpc) is 2.68. The zero-order chi connectivity index (χ0) is 17.3. The monoisotopic (exact) mass is 331 g/mol. The van der Waals surface area contributed by atoms with Gasteiger partial charge in [-0.25, -0.2) is 4.79 Å². The Kier molecular flexibility index (Phi) is 5.96. The molecule has 3 nitrogen and oxygen atoms in total. The van der Waals surface area contributed by atoms with E-state index >= 15 is 0 Å². The third-order valence-electron chi connectivity index (χ3n) is 3.90. The maximum atomic E-state index is 12.1. The fourth-order valence-corrected chi connectivity index (χ4v) is 2.51. The van der Waals surface area contributed by atoms with E-state index in [4.69, 9.17) is 4.74 Å². The maximum absolute atomic E-state index is 12.1. The summed E-state index contributed by atoms with van der Waals surface area (Å²) in [5.41, 5.74) is 3.94. The molecule has 0 amide bonds. The first-order chi connectivity index (χ1) is 12.3. The van der Waals surface area contributed by atoms with E-state index < -0.39 is 0 Å². The Morgan fingerprint density at radius 2 is 1.20 bits per heavy atom. The highest BCUT2D eigenvalue weighted by Gasteiger charge is 2.07. The molecule has 0 radical (unpaired) electrons. The van der Waals surface area contributed by atoms with Crippen molar-refractivity contribution in [3.05, 3.63) is 107 Å². The minimum atomic E-state index is -0.298. The van der Waals surface area contributed by atoms with Gasteiger partial charge in [0.1, 0.15) is 6.61 Å². The number of benzene rings is 3. The van der Waals surface area contributed by atoms with Gasteiger partial charge < -0.3 is 10.1 Å². The van der Waals surface area contributed by atoms with Crippen molar-refractivity contribution in [3.8, 4) is 0 Å². The van der Waals surface area contributed by atoms with Gasteiger partial charge in [0, 0.05) is 13.1 Å². The Bertz CT molecular complexity index is 783. The van der Waals surface area contributed by atoms with E-state index in [-0.39, 0.29) is 5.97 Å². The zero-order valence-corrected chi connectivity index (χ0v) is 14.0. The second-order valence-corrected chi connectivity index (χ2v) is 5.85. The van der Waals surface area contributed by atoms with Crippen molar-refractivity contribution in [2.75, 3.05) is 0 Å². The SMILES string of the molecule is O=C(OCc1ccccc1)c1ccc(CNCc2ccccc2)cc1. The van der Waals surface area contributed by atoms with Crippen LogP contribution < -0.4 is 5.32 Å². The highest BCUT2D eigenvalue weighted by Crippen LogP contribution is 2.09. The minimum absolute atomic E-state index is 0.292. The second kappa shape index (κ2) is 8.81. The molecule has 0 aliphatic carbocycles. The predicted molar refractivity (Wildman–Crippen MR) is 99.0 cm³/mol. The van der Waals surface area contributed by atoms with Gasteiger partial charge in [-0.2, -0.15) is 0 Å². The van der Waals surface area contributed by atoms with Crippen LogP contribution in [0, 0.1) is 0 Å². The van der Waals surface area contributed by atoms with Crippen LogP contribution in [0.1, 0.15) is 27.0 Å². The van der Waals surface area contributed by atoms with Crippen molar-refractivity contribution in [2.45, 2.75) is 19.7 Å². The fourth-order valence-electron chi connectivity index (χ4n) is 2.51. The molecule has 0 aromatic heterocycles. The van der Waals surface area contributed by atoms with E-state index in [1.54, 1.807) is 0 Å². The number of carbonyl (C=O) groups is 1. The van der Waals surface area contributed by atoms with Gasteiger partial charge in [0.25, 0.3) is 0 Å². The molecule has 0 heterocycles. The molecule has 0 fully saturated rings. The smallest absolute Gasteiger partial charge is 0.338 e. The molecule has 1 N–H and O–H groups in total. The molecule has 3 heteroatoms. The van der Waals surface area contributed by atoms with Gasteiger partial charge in [0.15, 0.2) is 0 Å². The molecule has 126 valence electrons. The molecule has 0 aliphatic rings. The molecular formula is C22H21NO2. The molecule has 0 aliphatic heterocycles. The highest BCUT2D eigenvalue weighted by molar-refractivity contribution is 5.89. The number of ether oxygens (including phenoxy) is 1. The quantitative estimate of drug-likeness (QED) is 0.655. The van der Waals surface area contributed by atoms with Gasteiger partial charge in [0.2, 0.25) is 0 Å². The number of nitrogens with one attached hydrogen (secondary N) is 1. The van der Waals surface area contributed by atoms with Crippen LogP contribution in [0.5, 0.6) is 0 Å². The topological polar surface area (TPSA) is 38.3 Å². The van der Waals surface area contributed by atoms with Crippen molar-refractivity contribution < 1.29 is 9.53 Å². The standard InChI is InChI=1S/C22H21NO2/c24-22(25-17-20-9-5-2-6-10-20)21-13-11-19(12-14-21)16-23-15-18-7-3-1-4-8-18/h1-14,23H,15-17H2. The Morgan fingerprint density at radius 1 is 0.680 bits per heavy atom. The van der Waals surface area contributed by atoms with E-state index in [2.05, 4.69) is 17.4 Å². The van der Waals surface area contributed by atoms with Crippen LogP contribution in [0.4, 0.5) is 0 Å². The predicted octanol–water partition coefficient (Wildman–Crippen LogP) is 4.33. The summed E-state index contributed by atoms with van der Waals surface area (Å²) >= 11 is 0. The lowest BCUT2D eigenvalue weighted by molar-refractivity contribution is 0.0472. The van der Waals surface area contributed by atoms with E-state index in [1.165, 1.54) is 5.56 Å². The van der Waals surface area contributed by atoms with E-state index in [0.29, 0.717) is 12.2 Å². The van der Waals surface area contributed by atoms with Crippen molar-refractivity contribution in [1.29, 1.82) is 0 Å². The van der Waals surface area contributed by atoms with Gasteiger partial charge in [-0.3, -0.25) is 0 Å². The lowest BCUT2D eigenvalue weighted by Gasteiger charge is -2.07. The molecule has 0 bridgehead atoms. The van der Waals surface area contributed by atoms with Crippen molar-refractivity contribution in [1.82, 2.24) is 5.32 Å². The normalized spacial score (nSPS) is 10.4. The first-order valence-electron chi connectivity index (χ1n) is 8.36. The molecule has 0 unspecified atom stereocenters. The molecule has 3 aromatic rings. The number of hydrogen-bond donors (Lipinski definition) is 1. The van der Waals surface area contributed by atoms with Gasteiger partial charge in [-0.05, 0) is 28.8 Å². The molecule has 3 aromatic carbocycles. The lowest BCUT2D eigenvalue weighted by Crippen LogP contribution is -2.12. The largest absolute Gasteiger partial charge is 0.457 e. The van der Waals surface area contributed by atoms with Gasteiger partial charge in [0.05, 0.1) is 5.56 Å². The first kappa shape index (κ1) is 16.9. The second-order valence-electron chi connectivity index (χ2n) is 5.85. The summed E-state index contributed by atoms with van der Waals surface area (Å²) < 4.78 is 5.34.